The summed E-state index contributed by atoms with van der Waals surface area (Å²) in [5, 5.41) is 7.01. The molecule has 0 aliphatic rings. The first-order valence-corrected chi connectivity index (χ1v) is 2.63. The number of nitrogens with one attached hydrogen (secondary N) is 1. The molecule has 0 heterocycles. The molecule has 48 valence electrons. The van der Waals surface area contributed by atoms with Crippen molar-refractivity contribution in [1.82, 2.24) is 5.43 Å². The van der Waals surface area contributed by atoms with Gasteiger partial charge in [-0.25, -0.2) is 0 Å². The first kappa shape index (κ1) is 7.36. The van der Waals surface area contributed by atoms with Crippen LogP contribution in [0.5, 0.6) is 0 Å². The van der Waals surface area contributed by atoms with Crippen LogP contribution in [0.2, 0.25) is 0 Å². The molecule has 3 N–H and O–H groups in total. The van der Waals surface area contributed by atoms with Crippen molar-refractivity contribution >= 4 is 0 Å². The second-order valence-electron chi connectivity index (χ2n) is 1.35. The predicted octanol–water partition coefficient (Wildman–Crippen LogP) is -0.0782. The van der Waals surface area contributed by atoms with E-state index in [0.717, 1.165) is 13.0 Å². The van der Waals surface area contributed by atoms with E-state index in [2.05, 4.69) is 15.8 Å². The van der Waals surface area contributed by atoms with Gasteiger partial charge in [-0.05, 0) is 13.0 Å². The van der Waals surface area contributed by atoms with E-state index in [-0.39, 0.29) is 0 Å². The summed E-state index contributed by atoms with van der Waals surface area (Å²) in [6, 6.07) is 0. The minimum Gasteiger partial charge on any atom is -0.330 e. The SMILES string of the molecule is CN=NNCCCN. The molecule has 0 atom stereocenters. The quantitative estimate of drug-likeness (QED) is 0.306. The fourth-order valence-electron chi connectivity index (χ4n) is 0.302. The Morgan fingerprint density at radius 3 is 2.88 bits per heavy atom. The van der Waals surface area contributed by atoms with E-state index in [1.165, 1.54) is 0 Å². The molecule has 0 aliphatic carbocycles. The highest BCUT2D eigenvalue weighted by atomic mass is 15.4. The fourth-order valence-corrected chi connectivity index (χ4v) is 0.302. The standard InChI is InChI=1S/C4H12N4/c1-6-8-7-4-2-3-5/h2-5H2,1H3,(H,6,7). The van der Waals surface area contributed by atoms with E-state index in [9.17, 15) is 0 Å². The van der Waals surface area contributed by atoms with Gasteiger partial charge < -0.3 is 5.73 Å². The highest BCUT2D eigenvalue weighted by Crippen LogP contribution is 1.68. The molecule has 0 aromatic carbocycles. The Bertz CT molecular complexity index is 61.1. The van der Waals surface area contributed by atoms with Crippen LogP contribution >= 0.6 is 0 Å². The van der Waals surface area contributed by atoms with E-state index in [0.29, 0.717) is 6.54 Å². The van der Waals surface area contributed by atoms with Gasteiger partial charge in [-0.2, -0.15) is 5.11 Å². The summed E-state index contributed by atoms with van der Waals surface area (Å²) in [5.41, 5.74) is 7.91. The van der Waals surface area contributed by atoms with Gasteiger partial charge in [0.25, 0.3) is 0 Å². The van der Waals surface area contributed by atoms with Crippen LogP contribution in [0.1, 0.15) is 6.42 Å². The lowest BCUT2D eigenvalue weighted by atomic mass is 10.4. The van der Waals surface area contributed by atoms with Crippen molar-refractivity contribution in [2.45, 2.75) is 6.42 Å². The fraction of sp³-hybridized carbons (Fsp3) is 1.00. The van der Waals surface area contributed by atoms with Gasteiger partial charge in [-0.3, -0.25) is 5.43 Å². The van der Waals surface area contributed by atoms with Crippen LogP contribution in [-0.2, 0) is 0 Å². The number of nitrogens with zero attached hydrogens (tertiary/aromatic N) is 2. The molecule has 0 bridgehead atoms. The van der Waals surface area contributed by atoms with Gasteiger partial charge in [-0.1, -0.05) is 5.22 Å². The third-order valence-corrected chi connectivity index (χ3v) is 0.663. The maximum absolute atomic E-state index is 5.20. The molecule has 4 heteroatoms. The van der Waals surface area contributed by atoms with Crippen LogP contribution in [0.25, 0.3) is 0 Å². The molecule has 0 spiro atoms. The van der Waals surface area contributed by atoms with Gasteiger partial charge in [-0.15, -0.1) is 0 Å². The highest BCUT2D eigenvalue weighted by molar-refractivity contribution is 4.38. The van der Waals surface area contributed by atoms with Crippen molar-refractivity contribution in [2.24, 2.45) is 16.1 Å². The van der Waals surface area contributed by atoms with Crippen LogP contribution in [0.4, 0.5) is 0 Å². The molecule has 0 radical (unpaired) electrons. The minimum atomic E-state index is 0.701. The molecule has 4 nitrogen and oxygen atoms in total. The number of nitrogens with two attached hydrogens (primary N) is 1. The minimum absolute atomic E-state index is 0.701. The third kappa shape index (κ3) is 5.36. The Kier molecular flexibility index (Phi) is 5.85. The molecular weight excluding hydrogens is 104 g/mol. The van der Waals surface area contributed by atoms with Crippen molar-refractivity contribution in [3.8, 4) is 0 Å². The molecule has 0 aliphatic heterocycles. The first-order chi connectivity index (χ1) is 3.91. The third-order valence-electron chi connectivity index (χ3n) is 0.663. The van der Waals surface area contributed by atoms with Crippen LogP contribution in [0.15, 0.2) is 10.3 Å². The Labute approximate surface area is 49.1 Å². The van der Waals surface area contributed by atoms with Gasteiger partial charge in [0.2, 0.25) is 0 Å². The summed E-state index contributed by atoms with van der Waals surface area (Å²) in [6.45, 7) is 1.51. The van der Waals surface area contributed by atoms with Crippen molar-refractivity contribution < 1.29 is 0 Å². The van der Waals surface area contributed by atoms with Gasteiger partial charge in [0.1, 0.15) is 0 Å². The molecule has 0 aromatic rings. The van der Waals surface area contributed by atoms with E-state index in [1.54, 1.807) is 7.05 Å². The maximum atomic E-state index is 5.20. The second-order valence-corrected chi connectivity index (χ2v) is 1.35. The number of hydrogen-bond donors (Lipinski definition) is 2. The normalized spacial score (nSPS) is 10.2. The first-order valence-electron chi connectivity index (χ1n) is 2.63. The predicted molar refractivity (Wildman–Crippen MR) is 32.5 cm³/mol. The lowest BCUT2D eigenvalue weighted by Gasteiger charge is -1.92. The summed E-state index contributed by atoms with van der Waals surface area (Å²) >= 11 is 0. The number of hydrogen-bond acceptors (Lipinski definition) is 3. The van der Waals surface area contributed by atoms with Gasteiger partial charge in [0.05, 0.1) is 7.05 Å². The lowest BCUT2D eigenvalue weighted by molar-refractivity contribution is 0.654. The smallest absolute Gasteiger partial charge is 0.0509 e. The van der Waals surface area contributed by atoms with Gasteiger partial charge >= 0.3 is 0 Å². The Morgan fingerprint density at radius 1 is 1.62 bits per heavy atom. The van der Waals surface area contributed by atoms with Crippen molar-refractivity contribution in [2.75, 3.05) is 20.1 Å². The summed E-state index contributed by atoms with van der Waals surface area (Å²) in [4.78, 5) is 0. The lowest BCUT2D eigenvalue weighted by Crippen LogP contribution is -2.11. The molecule has 0 amide bonds. The van der Waals surface area contributed by atoms with Gasteiger partial charge in [0, 0.05) is 6.54 Å². The number of rotatable bonds is 4. The average molecular weight is 116 g/mol. The van der Waals surface area contributed by atoms with Crippen LogP contribution in [0, 0.1) is 0 Å². The molecule has 0 saturated heterocycles. The highest BCUT2D eigenvalue weighted by Gasteiger charge is 1.76. The van der Waals surface area contributed by atoms with Crippen LogP contribution in [-0.4, -0.2) is 20.1 Å². The molecule has 0 fully saturated rings. The zero-order valence-corrected chi connectivity index (χ0v) is 5.09. The summed E-state index contributed by atoms with van der Waals surface area (Å²) in [7, 11) is 1.62. The Balaban J connectivity index is 2.72. The summed E-state index contributed by atoms with van der Waals surface area (Å²) in [6.07, 6.45) is 0.943. The van der Waals surface area contributed by atoms with E-state index in [1.807, 2.05) is 0 Å². The van der Waals surface area contributed by atoms with Crippen molar-refractivity contribution in [1.29, 1.82) is 0 Å². The molecule has 0 saturated carbocycles. The molecule has 8 heavy (non-hydrogen) atoms. The molecule has 0 rings (SSSR count). The second kappa shape index (κ2) is 6.36. The molecule has 0 aromatic heterocycles. The van der Waals surface area contributed by atoms with E-state index >= 15 is 0 Å². The monoisotopic (exact) mass is 116 g/mol. The zero-order chi connectivity index (χ0) is 6.24. The maximum Gasteiger partial charge on any atom is 0.0509 e. The average Bonchev–Trinajstić information content (AvgIpc) is 1.81. The topological polar surface area (TPSA) is 62.8 Å². The van der Waals surface area contributed by atoms with Gasteiger partial charge in [0.15, 0.2) is 0 Å². The van der Waals surface area contributed by atoms with Crippen molar-refractivity contribution in [3.05, 3.63) is 0 Å². The summed E-state index contributed by atoms with van der Waals surface area (Å²) < 4.78 is 0. The molecule has 0 unspecified atom stereocenters. The Hall–Kier alpha value is -0.640. The van der Waals surface area contributed by atoms with Crippen LogP contribution < -0.4 is 11.2 Å². The largest absolute Gasteiger partial charge is 0.330 e. The van der Waals surface area contributed by atoms with Crippen molar-refractivity contribution in [3.63, 3.8) is 0 Å². The van der Waals surface area contributed by atoms with Crippen LogP contribution in [0.3, 0.4) is 0 Å². The van der Waals surface area contributed by atoms with E-state index < -0.39 is 0 Å². The Morgan fingerprint density at radius 2 is 2.38 bits per heavy atom. The molecular formula is C4H12N4. The summed E-state index contributed by atoms with van der Waals surface area (Å²) in [5.74, 6) is 0. The zero-order valence-electron chi connectivity index (χ0n) is 5.09. The van der Waals surface area contributed by atoms with E-state index in [4.69, 9.17) is 5.73 Å².